The zero-order valence-corrected chi connectivity index (χ0v) is 32.1. The van der Waals surface area contributed by atoms with E-state index in [4.69, 9.17) is 14.3 Å². The highest BCUT2D eigenvalue weighted by Crippen LogP contribution is 2.42. The van der Waals surface area contributed by atoms with Crippen molar-refractivity contribution in [2.45, 2.75) is 74.3 Å². The van der Waals surface area contributed by atoms with Gasteiger partial charge in [0.15, 0.2) is 6.23 Å². The average molecular weight is 796 g/mol. The summed E-state index contributed by atoms with van der Waals surface area (Å²) in [6.07, 6.45) is 2.92. The summed E-state index contributed by atoms with van der Waals surface area (Å²) < 4.78 is 35.4. The summed E-state index contributed by atoms with van der Waals surface area (Å²) in [6.45, 7) is 0.501. The lowest BCUT2D eigenvalue weighted by Crippen LogP contribution is -2.46. The standard InChI is InChI=1S/C15H17NO4.C15H17NO3.C13H11NO3S/c17-13(11-6-7-11)14(18)16-12(9-20-15(16)19)8-10-4-2-1-3-5-10;17-14(9-12-6-7-12)16-13(10-19-15(16)18)8-11-4-2-1-3-5-11;15-18(16,12-9-5-2-6-10-12)14-13(17-14)11-7-3-1-4-8-11/h1-5,11-13,17H,6-9H2;1-5,12-13H,6-10H2;1-10,13H/t12-,13-;13-;/m00./s1. The van der Waals surface area contributed by atoms with E-state index in [0.717, 1.165) is 51.7 Å². The second-order valence-corrected chi connectivity index (χ2v) is 16.5. The maximum absolute atomic E-state index is 12.2. The molecule has 14 heteroatoms. The third-order valence-electron chi connectivity index (χ3n) is 10.3. The number of nitrogens with zero attached hydrogens (tertiary/aromatic N) is 3. The second-order valence-electron chi connectivity index (χ2n) is 14.7. The highest BCUT2D eigenvalue weighted by atomic mass is 32.2. The number of hydrogen-bond donors (Lipinski definition) is 1. The van der Waals surface area contributed by atoms with Gasteiger partial charge in [0.1, 0.15) is 19.3 Å². The van der Waals surface area contributed by atoms with Crippen molar-refractivity contribution in [2.24, 2.45) is 11.8 Å². The SMILES string of the molecule is O=C(CC1CC1)N1C(=O)OC[C@@H]1Cc1ccccc1.O=C1OC[C@H](Cc2ccccc2)N1C(=O)[C@@H](O)C1CC1.O=S(=O)(c1ccccc1)N1OC1c1ccccc1. The lowest BCUT2D eigenvalue weighted by Gasteiger charge is -2.22. The van der Waals surface area contributed by atoms with Crippen LogP contribution in [0.4, 0.5) is 9.59 Å². The summed E-state index contributed by atoms with van der Waals surface area (Å²) in [7, 11) is -3.55. The number of sulfonamides is 1. The number of imide groups is 2. The molecule has 4 aromatic carbocycles. The Kier molecular flexibility index (Phi) is 12.4. The first-order chi connectivity index (χ1) is 27.6. The quantitative estimate of drug-likeness (QED) is 0.177. The van der Waals surface area contributed by atoms with Crippen molar-refractivity contribution >= 4 is 34.0 Å². The molecule has 5 atom stereocenters. The predicted octanol–water partition coefficient (Wildman–Crippen LogP) is 6.05. The number of aliphatic hydroxyl groups excluding tert-OH is 1. The lowest BCUT2D eigenvalue weighted by atomic mass is 10.1. The molecule has 1 N–H and O–H groups in total. The molecular formula is C43H45N3O10S. The third kappa shape index (κ3) is 10.1. The van der Waals surface area contributed by atoms with E-state index < -0.39 is 40.4 Å². The molecule has 3 aliphatic heterocycles. The minimum atomic E-state index is -3.55. The van der Waals surface area contributed by atoms with Gasteiger partial charge in [-0.2, -0.15) is 0 Å². The normalized spacial score (nSPS) is 22.9. The monoisotopic (exact) mass is 795 g/mol. The van der Waals surface area contributed by atoms with E-state index in [1.54, 1.807) is 30.3 Å². The van der Waals surface area contributed by atoms with Crippen LogP contribution < -0.4 is 0 Å². The Morgan fingerprint density at radius 3 is 1.65 bits per heavy atom. The maximum atomic E-state index is 12.2. The zero-order chi connectivity index (χ0) is 39.9. The third-order valence-corrected chi connectivity index (χ3v) is 11.9. The number of rotatable bonds is 11. The molecule has 0 spiro atoms. The minimum Gasteiger partial charge on any atom is -0.447 e. The number of carbonyl (C=O) groups excluding carboxylic acids is 4. The molecule has 4 amide bonds. The van der Waals surface area contributed by atoms with E-state index in [2.05, 4.69) is 0 Å². The van der Waals surface area contributed by atoms with Crippen molar-refractivity contribution in [3.63, 3.8) is 0 Å². The van der Waals surface area contributed by atoms with Crippen LogP contribution in [-0.4, -0.2) is 83.2 Å². The van der Waals surface area contributed by atoms with Crippen LogP contribution in [0, 0.1) is 11.8 Å². The maximum Gasteiger partial charge on any atom is 0.417 e. The number of ether oxygens (including phenoxy) is 2. The number of aliphatic hydroxyl groups is 1. The van der Waals surface area contributed by atoms with Crippen molar-refractivity contribution < 1.29 is 47.0 Å². The van der Waals surface area contributed by atoms with E-state index in [1.807, 2.05) is 91.0 Å². The Labute approximate surface area is 331 Å². The fraction of sp³-hybridized carbons (Fsp3) is 0.349. The van der Waals surface area contributed by atoms with Gasteiger partial charge in [-0.25, -0.2) is 27.8 Å². The Morgan fingerprint density at radius 1 is 0.667 bits per heavy atom. The van der Waals surface area contributed by atoms with Gasteiger partial charge in [-0.3, -0.25) is 14.4 Å². The van der Waals surface area contributed by atoms with E-state index in [9.17, 15) is 32.7 Å². The summed E-state index contributed by atoms with van der Waals surface area (Å²) >= 11 is 0. The van der Waals surface area contributed by atoms with Crippen LogP contribution in [-0.2, 0) is 46.8 Å². The molecule has 3 saturated heterocycles. The summed E-state index contributed by atoms with van der Waals surface area (Å²) in [5.41, 5.74) is 2.99. The number of hydrogen-bond acceptors (Lipinski definition) is 10. The first-order valence-corrected chi connectivity index (χ1v) is 20.6. The van der Waals surface area contributed by atoms with Crippen molar-refractivity contribution in [1.82, 2.24) is 14.3 Å². The molecule has 0 radical (unpaired) electrons. The molecule has 9 rings (SSSR count). The fourth-order valence-electron chi connectivity index (χ4n) is 6.74. The highest BCUT2D eigenvalue weighted by Gasteiger charge is 2.49. The molecule has 2 saturated carbocycles. The number of hydroxylamine groups is 1. The number of amides is 4. The first-order valence-electron chi connectivity index (χ1n) is 19.2. The molecule has 57 heavy (non-hydrogen) atoms. The summed E-state index contributed by atoms with van der Waals surface area (Å²) in [5.74, 6) is -0.103. The van der Waals surface area contributed by atoms with E-state index in [1.165, 1.54) is 4.90 Å². The van der Waals surface area contributed by atoms with Crippen LogP contribution in [0.1, 0.15) is 55.0 Å². The Morgan fingerprint density at radius 2 is 1.14 bits per heavy atom. The van der Waals surface area contributed by atoms with Crippen LogP contribution in [0.5, 0.6) is 0 Å². The highest BCUT2D eigenvalue weighted by molar-refractivity contribution is 7.89. The number of benzene rings is 4. The van der Waals surface area contributed by atoms with Crippen molar-refractivity contribution in [1.29, 1.82) is 0 Å². The second kappa shape index (κ2) is 17.8. The van der Waals surface area contributed by atoms with Gasteiger partial charge in [0.25, 0.3) is 15.9 Å². The number of cyclic esters (lactones) is 2. The van der Waals surface area contributed by atoms with Gasteiger partial charge in [-0.15, -0.1) is 0 Å². The van der Waals surface area contributed by atoms with E-state index >= 15 is 0 Å². The summed E-state index contributed by atoms with van der Waals surface area (Å²) in [5, 5.41) is 9.92. The van der Waals surface area contributed by atoms with E-state index in [0.29, 0.717) is 31.8 Å². The van der Waals surface area contributed by atoms with Gasteiger partial charge in [0.2, 0.25) is 5.91 Å². The van der Waals surface area contributed by atoms with Crippen LogP contribution in [0.15, 0.2) is 126 Å². The van der Waals surface area contributed by atoms with Gasteiger partial charge in [-0.1, -0.05) is 109 Å². The van der Waals surface area contributed by atoms with Crippen LogP contribution in [0.25, 0.3) is 0 Å². The molecule has 13 nitrogen and oxygen atoms in total. The van der Waals surface area contributed by atoms with Crippen LogP contribution in [0.3, 0.4) is 0 Å². The van der Waals surface area contributed by atoms with Crippen molar-refractivity contribution in [3.8, 4) is 0 Å². The fourth-order valence-corrected chi connectivity index (χ4v) is 8.02. The Hall–Kier alpha value is -5.41. The van der Waals surface area contributed by atoms with Gasteiger partial charge in [0, 0.05) is 12.0 Å². The molecule has 2 aliphatic carbocycles. The van der Waals surface area contributed by atoms with Crippen LogP contribution in [0.2, 0.25) is 0 Å². The molecular weight excluding hydrogens is 751 g/mol. The molecule has 2 unspecified atom stereocenters. The minimum absolute atomic E-state index is 0.00766. The lowest BCUT2D eigenvalue weighted by molar-refractivity contribution is -0.139. The summed E-state index contributed by atoms with van der Waals surface area (Å²) in [4.78, 5) is 55.6. The Bertz CT molecular complexity index is 2120. The molecule has 298 valence electrons. The molecule has 5 fully saturated rings. The topological polar surface area (TPSA) is 163 Å². The predicted molar refractivity (Wildman–Crippen MR) is 206 cm³/mol. The van der Waals surface area contributed by atoms with Crippen molar-refractivity contribution in [2.75, 3.05) is 13.2 Å². The largest absolute Gasteiger partial charge is 0.447 e. The average Bonchev–Trinajstić information content (AvgIpc) is 4.14. The molecule has 0 bridgehead atoms. The van der Waals surface area contributed by atoms with E-state index in [-0.39, 0.29) is 35.4 Å². The molecule has 5 aliphatic rings. The summed E-state index contributed by atoms with van der Waals surface area (Å²) in [6, 6.07) is 36.6. The zero-order valence-electron chi connectivity index (χ0n) is 31.2. The smallest absolute Gasteiger partial charge is 0.417 e. The van der Waals surface area contributed by atoms with Crippen molar-refractivity contribution in [3.05, 3.63) is 138 Å². The van der Waals surface area contributed by atoms with Gasteiger partial charge < -0.3 is 14.6 Å². The molecule has 0 aromatic heterocycles. The molecule has 3 heterocycles. The van der Waals surface area contributed by atoms with Gasteiger partial charge in [0.05, 0.1) is 17.0 Å². The van der Waals surface area contributed by atoms with Gasteiger partial charge in [-0.05, 0) is 78.1 Å². The van der Waals surface area contributed by atoms with Gasteiger partial charge >= 0.3 is 12.2 Å². The molecule has 4 aromatic rings. The van der Waals surface area contributed by atoms with Crippen LogP contribution >= 0.6 is 0 Å². The Balaban J connectivity index is 0.000000131. The number of carbonyl (C=O) groups is 4. The first kappa shape index (κ1) is 39.8.